The molecule has 0 amide bonds. The van der Waals surface area contributed by atoms with Gasteiger partial charge in [0.1, 0.15) is 13.2 Å². The van der Waals surface area contributed by atoms with Crippen molar-refractivity contribution in [2.24, 2.45) is 0 Å². The van der Waals surface area contributed by atoms with Crippen LogP contribution in [0.2, 0.25) is 0 Å². The molecule has 0 saturated heterocycles. The van der Waals surface area contributed by atoms with Gasteiger partial charge in [0.15, 0.2) is 6.10 Å². The average molecular weight is 1090 g/mol. The van der Waals surface area contributed by atoms with Crippen LogP contribution >= 0.6 is 0 Å². The Balaban J connectivity index is 4.25. The van der Waals surface area contributed by atoms with E-state index in [0.717, 1.165) is 77.0 Å². The summed E-state index contributed by atoms with van der Waals surface area (Å²) in [4.78, 5) is 38.4. The van der Waals surface area contributed by atoms with Crippen molar-refractivity contribution < 1.29 is 28.6 Å². The van der Waals surface area contributed by atoms with E-state index in [1.165, 1.54) is 244 Å². The van der Waals surface area contributed by atoms with Gasteiger partial charge in [0.2, 0.25) is 0 Å². The highest BCUT2D eigenvalue weighted by Crippen LogP contribution is 2.17. The lowest BCUT2D eigenvalue weighted by atomic mass is 10.0. The predicted octanol–water partition coefficient (Wildman–Crippen LogP) is 23.5. The van der Waals surface area contributed by atoms with E-state index in [1.807, 2.05) is 0 Å². The largest absolute Gasteiger partial charge is 0.462 e. The zero-order chi connectivity index (χ0) is 56.4. The SMILES string of the molecule is CCCCC/C=C\CCCCCCCC(=O)OCC(COC(=O)CCCCCCCCCCCCCCC/C=C\C/C=C\CCCCCCC)OC(=O)CCCCCCCCCCCCC/C=C\C/C=C\CCCCCCC. The maximum atomic E-state index is 12.9. The van der Waals surface area contributed by atoms with Gasteiger partial charge in [-0.15, -0.1) is 0 Å². The van der Waals surface area contributed by atoms with Gasteiger partial charge in [0.25, 0.3) is 0 Å². The first-order valence-corrected chi connectivity index (χ1v) is 34.3. The molecule has 0 aliphatic rings. The lowest BCUT2D eigenvalue weighted by molar-refractivity contribution is -0.167. The summed E-state index contributed by atoms with van der Waals surface area (Å²) in [5.41, 5.74) is 0. The maximum Gasteiger partial charge on any atom is 0.306 e. The highest BCUT2D eigenvalue weighted by molar-refractivity contribution is 5.71. The Kier molecular flexibility index (Phi) is 64.2. The number of rotatable bonds is 63. The Morgan fingerprint density at radius 2 is 0.462 bits per heavy atom. The van der Waals surface area contributed by atoms with Gasteiger partial charge in [0, 0.05) is 19.3 Å². The Bertz CT molecular complexity index is 1390. The van der Waals surface area contributed by atoms with Crippen molar-refractivity contribution in [3.8, 4) is 0 Å². The van der Waals surface area contributed by atoms with Crippen LogP contribution in [0, 0.1) is 0 Å². The predicted molar refractivity (Wildman–Crippen MR) is 339 cm³/mol. The molecule has 0 spiro atoms. The summed E-state index contributed by atoms with van der Waals surface area (Å²) in [5, 5.41) is 0. The summed E-state index contributed by atoms with van der Waals surface area (Å²) in [6.45, 7) is 6.64. The molecule has 1 unspecified atom stereocenters. The van der Waals surface area contributed by atoms with Crippen LogP contribution < -0.4 is 0 Å². The monoisotopic (exact) mass is 1090 g/mol. The fraction of sp³-hybridized carbons (Fsp3) is 0.819. The number of hydrogen-bond donors (Lipinski definition) is 0. The van der Waals surface area contributed by atoms with Crippen LogP contribution in [0.1, 0.15) is 361 Å². The molecule has 0 N–H and O–H groups in total. The maximum absolute atomic E-state index is 12.9. The molecular formula is C72H130O6. The number of carbonyl (C=O) groups excluding carboxylic acids is 3. The third-order valence-corrected chi connectivity index (χ3v) is 15.2. The van der Waals surface area contributed by atoms with Gasteiger partial charge in [-0.3, -0.25) is 14.4 Å². The van der Waals surface area contributed by atoms with Crippen LogP contribution in [-0.4, -0.2) is 37.2 Å². The molecule has 0 heterocycles. The first-order chi connectivity index (χ1) is 38.5. The van der Waals surface area contributed by atoms with Crippen LogP contribution in [0.3, 0.4) is 0 Å². The van der Waals surface area contributed by atoms with Crippen LogP contribution in [0.15, 0.2) is 60.8 Å². The van der Waals surface area contributed by atoms with Crippen molar-refractivity contribution in [2.75, 3.05) is 13.2 Å². The minimum Gasteiger partial charge on any atom is -0.462 e. The van der Waals surface area contributed by atoms with E-state index in [0.29, 0.717) is 19.3 Å². The normalized spacial score (nSPS) is 12.4. The van der Waals surface area contributed by atoms with Crippen molar-refractivity contribution in [3.05, 3.63) is 60.8 Å². The molecule has 0 aromatic heterocycles. The van der Waals surface area contributed by atoms with Gasteiger partial charge < -0.3 is 14.2 Å². The summed E-state index contributed by atoms with van der Waals surface area (Å²) in [7, 11) is 0. The van der Waals surface area contributed by atoms with Crippen LogP contribution in [0.5, 0.6) is 0 Å². The quantitative estimate of drug-likeness (QED) is 0.0261. The third kappa shape index (κ3) is 63.9. The number of esters is 3. The summed E-state index contributed by atoms with van der Waals surface area (Å²) >= 11 is 0. The summed E-state index contributed by atoms with van der Waals surface area (Å²) < 4.78 is 17.0. The topological polar surface area (TPSA) is 78.9 Å². The average Bonchev–Trinajstić information content (AvgIpc) is 3.44. The molecule has 78 heavy (non-hydrogen) atoms. The molecule has 0 rings (SSSR count). The van der Waals surface area contributed by atoms with Crippen LogP contribution in [-0.2, 0) is 28.6 Å². The standard InChI is InChI=1S/C72H130O6/c1-4-7-10-13-16-19-22-25-27-29-31-33-35-36-38-39-41-43-45-47-50-53-56-59-62-65-71(74)77-68-69(67-76-70(73)64-61-58-55-52-49-24-21-18-15-12-9-6-3)78-72(75)66-63-60-57-54-51-48-46-44-42-40-37-34-32-30-28-26-23-20-17-14-11-8-5-2/h18,21-23,25-26,29-32,69H,4-17,19-20,24,27-28,33-68H2,1-3H3/b21-18-,25-22-,26-23-,31-29-,32-30-. The number of hydrogen-bond acceptors (Lipinski definition) is 6. The molecule has 0 saturated carbocycles. The summed E-state index contributed by atoms with van der Waals surface area (Å²) in [5.74, 6) is -0.868. The molecule has 0 fully saturated rings. The zero-order valence-corrected chi connectivity index (χ0v) is 52.2. The fourth-order valence-electron chi connectivity index (χ4n) is 10.0. The Morgan fingerprint density at radius 3 is 0.744 bits per heavy atom. The molecular weight excluding hydrogens is 961 g/mol. The molecule has 0 radical (unpaired) electrons. The van der Waals surface area contributed by atoms with Crippen molar-refractivity contribution in [1.29, 1.82) is 0 Å². The Hall–Kier alpha value is -2.89. The van der Waals surface area contributed by atoms with E-state index in [2.05, 4.69) is 81.5 Å². The number of ether oxygens (including phenoxy) is 3. The highest BCUT2D eigenvalue weighted by atomic mass is 16.6. The molecule has 454 valence electrons. The molecule has 0 aliphatic heterocycles. The molecule has 1 atom stereocenters. The first-order valence-electron chi connectivity index (χ1n) is 34.3. The molecule has 6 heteroatoms. The van der Waals surface area contributed by atoms with E-state index in [1.54, 1.807) is 0 Å². The van der Waals surface area contributed by atoms with Gasteiger partial charge in [-0.1, -0.05) is 293 Å². The molecule has 0 aromatic rings. The van der Waals surface area contributed by atoms with Gasteiger partial charge in [0.05, 0.1) is 0 Å². The van der Waals surface area contributed by atoms with E-state index in [-0.39, 0.29) is 31.1 Å². The smallest absolute Gasteiger partial charge is 0.306 e. The van der Waals surface area contributed by atoms with Crippen LogP contribution in [0.25, 0.3) is 0 Å². The number of carbonyl (C=O) groups is 3. The zero-order valence-electron chi connectivity index (χ0n) is 52.2. The van der Waals surface area contributed by atoms with Gasteiger partial charge in [-0.25, -0.2) is 0 Å². The number of unbranched alkanes of at least 4 members (excludes halogenated alkanes) is 42. The Morgan fingerprint density at radius 1 is 0.256 bits per heavy atom. The molecule has 0 bridgehead atoms. The van der Waals surface area contributed by atoms with Crippen LogP contribution in [0.4, 0.5) is 0 Å². The lowest BCUT2D eigenvalue weighted by Gasteiger charge is -2.18. The second-order valence-corrected chi connectivity index (χ2v) is 23.1. The van der Waals surface area contributed by atoms with E-state index >= 15 is 0 Å². The summed E-state index contributed by atoms with van der Waals surface area (Å²) in [6.07, 6.45) is 85.3. The third-order valence-electron chi connectivity index (χ3n) is 15.2. The van der Waals surface area contributed by atoms with E-state index in [9.17, 15) is 14.4 Å². The van der Waals surface area contributed by atoms with Gasteiger partial charge >= 0.3 is 17.9 Å². The Labute approximate surface area is 485 Å². The van der Waals surface area contributed by atoms with Crippen molar-refractivity contribution in [2.45, 2.75) is 367 Å². The van der Waals surface area contributed by atoms with Crippen molar-refractivity contribution in [1.82, 2.24) is 0 Å². The van der Waals surface area contributed by atoms with E-state index in [4.69, 9.17) is 14.2 Å². The van der Waals surface area contributed by atoms with Crippen molar-refractivity contribution in [3.63, 3.8) is 0 Å². The van der Waals surface area contributed by atoms with Gasteiger partial charge in [-0.05, 0) is 109 Å². The van der Waals surface area contributed by atoms with Crippen molar-refractivity contribution >= 4 is 17.9 Å². The van der Waals surface area contributed by atoms with Gasteiger partial charge in [-0.2, -0.15) is 0 Å². The first kappa shape index (κ1) is 75.1. The molecule has 0 aliphatic carbocycles. The summed E-state index contributed by atoms with van der Waals surface area (Å²) in [6, 6.07) is 0. The highest BCUT2D eigenvalue weighted by Gasteiger charge is 2.19. The molecule has 0 aromatic carbocycles. The minimum atomic E-state index is -0.779. The van der Waals surface area contributed by atoms with E-state index < -0.39 is 6.10 Å². The minimum absolute atomic E-state index is 0.0754. The fourth-order valence-corrected chi connectivity index (χ4v) is 10.0. The second-order valence-electron chi connectivity index (χ2n) is 23.1. The second kappa shape index (κ2) is 66.6. The number of allylic oxidation sites excluding steroid dienone is 10. The lowest BCUT2D eigenvalue weighted by Crippen LogP contribution is -2.30. The molecule has 6 nitrogen and oxygen atoms in total.